The topological polar surface area (TPSA) is 84.2 Å². The summed E-state index contributed by atoms with van der Waals surface area (Å²) in [6.45, 7) is 2.36. The second-order valence-corrected chi connectivity index (χ2v) is 4.69. The van der Waals surface area contributed by atoms with Gasteiger partial charge in [-0.2, -0.15) is 13.1 Å². The third-order valence-corrected chi connectivity index (χ3v) is 2.98. The van der Waals surface area contributed by atoms with Crippen molar-refractivity contribution in [1.29, 1.82) is 0 Å². The van der Waals surface area contributed by atoms with E-state index in [1.54, 1.807) is 31.2 Å². The first-order chi connectivity index (χ1) is 8.07. The van der Waals surface area contributed by atoms with Crippen molar-refractivity contribution < 1.29 is 8.42 Å². The van der Waals surface area contributed by atoms with Crippen LogP contribution >= 0.6 is 0 Å². The van der Waals surface area contributed by atoms with Gasteiger partial charge in [-0.3, -0.25) is 4.72 Å². The van der Waals surface area contributed by atoms with Crippen LogP contribution in [-0.2, 0) is 10.2 Å². The van der Waals surface area contributed by atoms with Gasteiger partial charge in [0.1, 0.15) is 0 Å². The maximum Gasteiger partial charge on any atom is 0.299 e. The van der Waals surface area contributed by atoms with Gasteiger partial charge in [0.25, 0.3) is 10.2 Å². The van der Waals surface area contributed by atoms with Crippen LogP contribution in [0.2, 0.25) is 0 Å². The molecule has 0 atom stereocenters. The Morgan fingerprint density at radius 2 is 1.94 bits per heavy atom. The Balaban J connectivity index is 2.75. The summed E-state index contributed by atoms with van der Waals surface area (Å²) in [6.07, 6.45) is 0. The number of nitrogens with two attached hydrogens (primary N) is 1. The fourth-order valence-electron chi connectivity index (χ4n) is 1.16. The van der Waals surface area contributed by atoms with Crippen LogP contribution in [0.4, 0.5) is 5.69 Å². The van der Waals surface area contributed by atoms with Gasteiger partial charge in [0, 0.05) is 17.8 Å². The molecule has 5 nitrogen and oxygen atoms in total. The highest BCUT2D eigenvalue weighted by Gasteiger charge is 2.06. The van der Waals surface area contributed by atoms with Crippen molar-refractivity contribution in [2.45, 2.75) is 6.92 Å². The molecule has 4 N–H and O–H groups in total. The second-order valence-electron chi connectivity index (χ2n) is 3.19. The molecule has 0 amide bonds. The van der Waals surface area contributed by atoms with Crippen molar-refractivity contribution in [3.05, 3.63) is 29.8 Å². The summed E-state index contributed by atoms with van der Waals surface area (Å²) in [5, 5.41) is 0. The van der Waals surface area contributed by atoms with Crippen molar-refractivity contribution in [3.8, 4) is 11.8 Å². The third kappa shape index (κ3) is 4.87. The Kier molecular flexibility index (Phi) is 4.97. The fraction of sp³-hybridized carbons (Fsp3) is 0.273. The summed E-state index contributed by atoms with van der Waals surface area (Å²) in [5.74, 6) is 5.57. The maximum absolute atomic E-state index is 11.4. The molecule has 0 saturated carbocycles. The summed E-state index contributed by atoms with van der Waals surface area (Å²) in [5.41, 5.74) is 6.53. The van der Waals surface area contributed by atoms with Crippen LogP contribution in [-0.4, -0.2) is 21.5 Å². The van der Waals surface area contributed by atoms with Crippen LogP contribution in [0.1, 0.15) is 12.5 Å². The summed E-state index contributed by atoms with van der Waals surface area (Å²) >= 11 is 0. The predicted molar refractivity (Wildman–Crippen MR) is 68.6 cm³/mol. The first kappa shape index (κ1) is 13.5. The minimum atomic E-state index is -3.47. The van der Waals surface area contributed by atoms with Gasteiger partial charge in [-0.05, 0) is 24.3 Å². The summed E-state index contributed by atoms with van der Waals surface area (Å²) in [6, 6.07) is 6.75. The number of hydrogen-bond acceptors (Lipinski definition) is 3. The Morgan fingerprint density at radius 1 is 1.29 bits per heavy atom. The van der Waals surface area contributed by atoms with Crippen LogP contribution in [0.15, 0.2) is 24.3 Å². The lowest BCUT2D eigenvalue weighted by molar-refractivity contribution is 0.589. The molecule has 1 aromatic carbocycles. The van der Waals surface area contributed by atoms with Gasteiger partial charge in [-0.25, -0.2) is 0 Å². The highest BCUT2D eigenvalue weighted by atomic mass is 32.2. The molecule has 0 aromatic heterocycles. The van der Waals surface area contributed by atoms with E-state index >= 15 is 0 Å². The molecular weight excluding hydrogens is 238 g/mol. The molecule has 0 aliphatic rings. The molecule has 0 aliphatic carbocycles. The number of hydrogen-bond donors (Lipinski definition) is 3. The lowest BCUT2D eigenvalue weighted by Gasteiger charge is -2.07. The van der Waals surface area contributed by atoms with E-state index in [0.29, 0.717) is 18.8 Å². The average molecular weight is 253 g/mol. The Hall–Kier alpha value is -1.55. The normalized spacial score (nSPS) is 10.5. The number of benzene rings is 1. The highest BCUT2D eigenvalue weighted by Crippen LogP contribution is 2.09. The van der Waals surface area contributed by atoms with E-state index in [9.17, 15) is 8.42 Å². The SMILES string of the molecule is CCNS(=O)(=O)Nc1ccc(C#CCN)cc1. The zero-order valence-corrected chi connectivity index (χ0v) is 10.3. The minimum absolute atomic E-state index is 0.300. The van der Waals surface area contributed by atoms with E-state index in [2.05, 4.69) is 21.3 Å². The molecule has 0 heterocycles. The largest absolute Gasteiger partial charge is 0.320 e. The van der Waals surface area contributed by atoms with Gasteiger partial charge in [-0.1, -0.05) is 18.8 Å². The first-order valence-electron chi connectivity index (χ1n) is 5.14. The number of rotatable bonds is 4. The van der Waals surface area contributed by atoms with Crippen LogP contribution in [0.3, 0.4) is 0 Å². The van der Waals surface area contributed by atoms with Gasteiger partial charge >= 0.3 is 0 Å². The molecular formula is C11H15N3O2S. The monoisotopic (exact) mass is 253 g/mol. The van der Waals surface area contributed by atoms with Crippen molar-refractivity contribution in [1.82, 2.24) is 4.72 Å². The highest BCUT2D eigenvalue weighted by molar-refractivity contribution is 7.90. The molecule has 0 saturated heterocycles. The molecule has 17 heavy (non-hydrogen) atoms. The van der Waals surface area contributed by atoms with Crippen LogP contribution in [0.25, 0.3) is 0 Å². The predicted octanol–water partition coefficient (Wildman–Crippen LogP) is 0.263. The lowest BCUT2D eigenvalue weighted by atomic mass is 10.2. The van der Waals surface area contributed by atoms with Gasteiger partial charge in [-0.15, -0.1) is 0 Å². The molecule has 0 unspecified atom stereocenters. The molecule has 0 fully saturated rings. The summed E-state index contributed by atoms with van der Waals surface area (Å²) < 4.78 is 27.5. The molecule has 92 valence electrons. The van der Waals surface area contributed by atoms with E-state index in [-0.39, 0.29) is 0 Å². The minimum Gasteiger partial charge on any atom is -0.320 e. The lowest BCUT2D eigenvalue weighted by Crippen LogP contribution is -2.29. The van der Waals surface area contributed by atoms with Gasteiger partial charge in [0.15, 0.2) is 0 Å². The average Bonchev–Trinajstić information content (AvgIpc) is 2.27. The summed E-state index contributed by atoms with van der Waals surface area (Å²) in [4.78, 5) is 0. The van der Waals surface area contributed by atoms with E-state index < -0.39 is 10.2 Å². The second kappa shape index (κ2) is 6.25. The molecule has 0 spiro atoms. The van der Waals surface area contributed by atoms with Gasteiger partial charge in [0.05, 0.1) is 6.54 Å². The standard InChI is InChI=1S/C11H15N3O2S/c1-2-13-17(15,16)14-11-7-5-10(6-8-11)4-3-9-12/h5-8,13-14H,2,9,12H2,1H3. The Morgan fingerprint density at radius 3 is 2.47 bits per heavy atom. The molecule has 0 aliphatic heterocycles. The van der Waals surface area contributed by atoms with E-state index in [1.165, 1.54) is 0 Å². The third-order valence-electron chi connectivity index (χ3n) is 1.81. The van der Waals surface area contributed by atoms with Crippen molar-refractivity contribution >= 4 is 15.9 Å². The smallest absolute Gasteiger partial charge is 0.299 e. The Bertz CT molecular complexity index is 512. The molecule has 0 bridgehead atoms. The van der Waals surface area contributed by atoms with Crippen molar-refractivity contribution in [2.75, 3.05) is 17.8 Å². The van der Waals surface area contributed by atoms with Crippen molar-refractivity contribution in [2.24, 2.45) is 5.73 Å². The van der Waals surface area contributed by atoms with E-state index in [0.717, 1.165) is 5.56 Å². The molecule has 1 aromatic rings. The molecule has 6 heteroatoms. The zero-order valence-electron chi connectivity index (χ0n) is 9.53. The number of nitrogens with one attached hydrogen (secondary N) is 2. The Labute approximate surface area is 102 Å². The van der Waals surface area contributed by atoms with Gasteiger partial charge < -0.3 is 5.73 Å². The van der Waals surface area contributed by atoms with Crippen molar-refractivity contribution in [3.63, 3.8) is 0 Å². The maximum atomic E-state index is 11.4. The molecule has 1 rings (SSSR count). The quantitative estimate of drug-likeness (QED) is 0.673. The van der Waals surface area contributed by atoms with Crippen LogP contribution < -0.4 is 15.2 Å². The zero-order chi connectivity index (χ0) is 12.7. The van der Waals surface area contributed by atoms with E-state index in [1.807, 2.05) is 0 Å². The first-order valence-corrected chi connectivity index (χ1v) is 6.62. The molecule has 0 radical (unpaired) electrons. The number of anilines is 1. The van der Waals surface area contributed by atoms with E-state index in [4.69, 9.17) is 5.73 Å². The van der Waals surface area contributed by atoms with Crippen LogP contribution in [0.5, 0.6) is 0 Å². The van der Waals surface area contributed by atoms with Gasteiger partial charge in [0.2, 0.25) is 0 Å². The van der Waals surface area contributed by atoms with Crippen LogP contribution in [0, 0.1) is 11.8 Å². The summed E-state index contributed by atoms with van der Waals surface area (Å²) in [7, 11) is -3.47. The fourth-order valence-corrected chi connectivity index (χ4v) is 2.05.